The summed E-state index contributed by atoms with van der Waals surface area (Å²) in [6.45, 7) is 8.46. The van der Waals surface area contributed by atoms with Crippen molar-refractivity contribution in [3.8, 4) is 0 Å². The fraction of sp³-hybridized carbons (Fsp3) is 0.846. The van der Waals surface area contributed by atoms with E-state index in [-0.39, 0.29) is 19.6 Å². The van der Waals surface area contributed by atoms with Gasteiger partial charge in [-0.1, -0.05) is 0 Å². The number of nitrogens with zero attached hydrogens (tertiary/aromatic N) is 1. The van der Waals surface area contributed by atoms with Crippen molar-refractivity contribution in [2.45, 2.75) is 58.4 Å². The maximum absolute atomic E-state index is 14.0. The van der Waals surface area contributed by atoms with Crippen molar-refractivity contribution >= 4 is 12.1 Å². The zero-order chi connectivity index (χ0) is 14.8. The molecule has 1 heterocycles. The molecule has 1 fully saturated rings. The van der Waals surface area contributed by atoms with Gasteiger partial charge in [-0.05, 0) is 41.0 Å². The van der Waals surface area contributed by atoms with Crippen LogP contribution in [0.15, 0.2) is 0 Å². The van der Waals surface area contributed by atoms with Crippen LogP contribution in [0.25, 0.3) is 0 Å². The molecule has 0 N–H and O–H groups in total. The molecule has 6 heteroatoms. The van der Waals surface area contributed by atoms with Gasteiger partial charge in [0.25, 0.3) is 0 Å². The SMILES string of the molecule is CCOC(=O)[C@@]1(C)[C@H](F)CCN1C(=O)OC(C)(C)C. The third kappa shape index (κ3) is 3.16. The molecule has 0 saturated carbocycles. The summed E-state index contributed by atoms with van der Waals surface area (Å²) in [4.78, 5) is 25.1. The lowest BCUT2D eigenvalue weighted by Gasteiger charge is -2.35. The number of amides is 1. The molecule has 1 rings (SSSR count). The minimum atomic E-state index is -1.60. The first-order valence-corrected chi connectivity index (χ1v) is 6.44. The summed E-state index contributed by atoms with van der Waals surface area (Å²) in [6, 6.07) is 0. The van der Waals surface area contributed by atoms with Gasteiger partial charge in [0, 0.05) is 6.54 Å². The van der Waals surface area contributed by atoms with Gasteiger partial charge in [-0.3, -0.25) is 4.90 Å². The maximum Gasteiger partial charge on any atom is 0.411 e. The van der Waals surface area contributed by atoms with Crippen LogP contribution in [-0.4, -0.2) is 47.4 Å². The molecule has 5 nitrogen and oxygen atoms in total. The lowest BCUT2D eigenvalue weighted by molar-refractivity contribution is -0.157. The minimum absolute atomic E-state index is 0.106. The largest absolute Gasteiger partial charge is 0.464 e. The normalized spacial score (nSPS) is 27.3. The molecule has 2 atom stereocenters. The van der Waals surface area contributed by atoms with E-state index in [0.29, 0.717) is 0 Å². The number of hydrogen-bond donors (Lipinski definition) is 0. The van der Waals surface area contributed by atoms with Crippen LogP contribution >= 0.6 is 0 Å². The smallest absolute Gasteiger partial charge is 0.411 e. The highest BCUT2D eigenvalue weighted by Crippen LogP contribution is 2.34. The predicted octanol–water partition coefficient (Wildman–Crippen LogP) is 2.29. The molecule has 1 aliphatic rings. The fourth-order valence-corrected chi connectivity index (χ4v) is 2.04. The maximum atomic E-state index is 14.0. The van der Waals surface area contributed by atoms with Crippen molar-refractivity contribution in [2.24, 2.45) is 0 Å². The number of ether oxygens (including phenoxy) is 2. The minimum Gasteiger partial charge on any atom is -0.464 e. The lowest BCUT2D eigenvalue weighted by Crippen LogP contribution is -2.56. The van der Waals surface area contributed by atoms with Crippen LogP contribution in [0, 0.1) is 0 Å². The third-order valence-corrected chi connectivity index (χ3v) is 3.08. The molecule has 0 spiro atoms. The van der Waals surface area contributed by atoms with Gasteiger partial charge >= 0.3 is 12.1 Å². The van der Waals surface area contributed by atoms with Crippen molar-refractivity contribution in [2.75, 3.05) is 13.2 Å². The van der Waals surface area contributed by atoms with Crippen molar-refractivity contribution in [3.63, 3.8) is 0 Å². The van der Waals surface area contributed by atoms with Crippen LogP contribution in [0.1, 0.15) is 41.0 Å². The van der Waals surface area contributed by atoms with Crippen LogP contribution in [0.5, 0.6) is 0 Å². The van der Waals surface area contributed by atoms with E-state index < -0.39 is 29.4 Å². The average Bonchev–Trinajstić information content (AvgIpc) is 2.55. The second kappa shape index (κ2) is 5.35. The first-order valence-electron chi connectivity index (χ1n) is 6.44. The number of esters is 1. The summed E-state index contributed by atoms with van der Waals surface area (Å²) >= 11 is 0. The van der Waals surface area contributed by atoms with Gasteiger partial charge in [0.15, 0.2) is 5.54 Å². The highest BCUT2D eigenvalue weighted by molar-refractivity contribution is 5.87. The number of alkyl halides is 1. The second-order valence-electron chi connectivity index (χ2n) is 5.76. The Bertz CT molecular complexity index is 366. The Morgan fingerprint density at radius 3 is 2.47 bits per heavy atom. The predicted molar refractivity (Wildman–Crippen MR) is 67.5 cm³/mol. The van der Waals surface area contributed by atoms with Gasteiger partial charge in [0.2, 0.25) is 0 Å². The summed E-state index contributed by atoms with van der Waals surface area (Å²) in [5.74, 6) is -0.731. The molecule has 0 radical (unpaired) electrons. The summed E-state index contributed by atoms with van der Waals surface area (Å²) in [6.07, 6.45) is -2.03. The number of likely N-dealkylation sites (tertiary alicyclic amines) is 1. The van der Waals surface area contributed by atoms with Gasteiger partial charge in [0.1, 0.15) is 11.8 Å². The van der Waals surface area contributed by atoms with Gasteiger partial charge in [0.05, 0.1) is 6.61 Å². The molecule has 1 aliphatic heterocycles. The standard InChI is InChI=1S/C13H22FNO4/c1-6-18-10(16)13(5)9(14)7-8-15(13)11(17)19-12(2,3)4/h9H,6-8H2,1-5H3/t9-,13-/m1/s1. The Morgan fingerprint density at radius 2 is 2.00 bits per heavy atom. The molecule has 0 aromatic rings. The van der Waals surface area contributed by atoms with Gasteiger partial charge in [-0.2, -0.15) is 0 Å². The van der Waals surface area contributed by atoms with Gasteiger partial charge in [-0.25, -0.2) is 14.0 Å². The average molecular weight is 275 g/mol. The molecular weight excluding hydrogens is 253 g/mol. The van der Waals surface area contributed by atoms with Crippen LogP contribution in [0.3, 0.4) is 0 Å². The van der Waals surface area contributed by atoms with Crippen LogP contribution in [0.4, 0.5) is 9.18 Å². The molecule has 0 aromatic heterocycles. The molecular formula is C13H22FNO4. The van der Waals surface area contributed by atoms with E-state index in [2.05, 4.69) is 0 Å². The molecule has 1 amide bonds. The molecule has 1 saturated heterocycles. The zero-order valence-electron chi connectivity index (χ0n) is 12.2. The monoisotopic (exact) mass is 275 g/mol. The van der Waals surface area contributed by atoms with Crippen LogP contribution in [-0.2, 0) is 14.3 Å². The topological polar surface area (TPSA) is 55.8 Å². The Morgan fingerprint density at radius 1 is 1.42 bits per heavy atom. The number of carbonyl (C=O) groups excluding carboxylic acids is 2. The van der Waals surface area contributed by atoms with E-state index in [1.807, 2.05) is 0 Å². The van der Waals surface area contributed by atoms with Gasteiger partial charge < -0.3 is 9.47 Å². The highest BCUT2D eigenvalue weighted by atomic mass is 19.1. The summed E-state index contributed by atoms with van der Waals surface area (Å²) in [5, 5.41) is 0. The fourth-order valence-electron chi connectivity index (χ4n) is 2.04. The summed E-state index contributed by atoms with van der Waals surface area (Å²) in [5.41, 5.74) is -2.29. The zero-order valence-corrected chi connectivity index (χ0v) is 12.2. The molecule has 0 aliphatic carbocycles. The Hall–Kier alpha value is -1.33. The van der Waals surface area contributed by atoms with Crippen LogP contribution < -0.4 is 0 Å². The highest BCUT2D eigenvalue weighted by Gasteiger charge is 2.55. The summed E-state index contributed by atoms with van der Waals surface area (Å²) < 4.78 is 24.1. The molecule has 19 heavy (non-hydrogen) atoms. The number of carbonyl (C=O) groups is 2. The molecule has 110 valence electrons. The first-order chi connectivity index (χ1) is 8.63. The second-order valence-corrected chi connectivity index (χ2v) is 5.76. The van der Waals surface area contributed by atoms with Crippen molar-refractivity contribution in [3.05, 3.63) is 0 Å². The van der Waals surface area contributed by atoms with E-state index in [4.69, 9.17) is 9.47 Å². The molecule has 0 bridgehead atoms. The van der Waals surface area contributed by atoms with Gasteiger partial charge in [-0.15, -0.1) is 0 Å². The Balaban J connectivity index is 2.93. The van der Waals surface area contributed by atoms with E-state index in [1.165, 1.54) is 6.92 Å². The van der Waals surface area contributed by atoms with Crippen molar-refractivity contribution in [1.29, 1.82) is 0 Å². The lowest BCUT2D eigenvalue weighted by atomic mass is 9.97. The first kappa shape index (κ1) is 15.7. The third-order valence-electron chi connectivity index (χ3n) is 3.08. The Labute approximate surface area is 113 Å². The number of halogens is 1. The van der Waals surface area contributed by atoms with E-state index in [9.17, 15) is 14.0 Å². The van der Waals surface area contributed by atoms with E-state index in [1.54, 1.807) is 27.7 Å². The van der Waals surface area contributed by atoms with E-state index >= 15 is 0 Å². The van der Waals surface area contributed by atoms with Crippen molar-refractivity contribution in [1.82, 2.24) is 4.90 Å². The van der Waals surface area contributed by atoms with Crippen LogP contribution in [0.2, 0.25) is 0 Å². The quantitative estimate of drug-likeness (QED) is 0.725. The molecule has 0 aromatic carbocycles. The Kier molecular flexibility index (Phi) is 4.43. The van der Waals surface area contributed by atoms with E-state index in [0.717, 1.165) is 4.90 Å². The molecule has 0 unspecified atom stereocenters. The number of rotatable bonds is 2. The summed E-state index contributed by atoms with van der Waals surface area (Å²) in [7, 11) is 0. The van der Waals surface area contributed by atoms with Crippen molar-refractivity contribution < 1.29 is 23.5 Å². The number of hydrogen-bond acceptors (Lipinski definition) is 4.